The van der Waals surface area contributed by atoms with E-state index >= 15 is 0 Å². The molecule has 4 aliphatic carbocycles. The molecule has 0 heterocycles. The molecule has 0 aromatic carbocycles. The molecule has 0 saturated heterocycles. The first kappa shape index (κ1) is 16.5. The average molecular weight is 330 g/mol. The summed E-state index contributed by atoms with van der Waals surface area (Å²) < 4.78 is 0. The number of carbonyl (C=O) groups excluding carboxylic acids is 1. The number of ketones is 1. The Morgan fingerprint density at radius 2 is 2.00 bits per heavy atom. The highest BCUT2D eigenvalue weighted by Gasteiger charge is 2.62. The van der Waals surface area contributed by atoms with Gasteiger partial charge in [-0.2, -0.15) is 0 Å². The molecular weight excluding hydrogens is 300 g/mol. The maximum absolute atomic E-state index is 11.8. The summed E-state index contributed by atoms with van der Waals surface area (Å²) in [5.74, 6) is 1.45. The number of hydrogen-bond acceptors (Lipinski definition) is 3. The number of allylic oxidation sites excluding steroid dienone is 4. The molecule has 0 aliphatic heterocycles. The van der Waals surface area contributed by atoms with Gasteiger partial charge >= 0.3 is 0 Å². The smallest absolute Gasteiger partial charge is 0.156 e. The Morgan fingerprint density at radius 3 is 2.71 bits per heavy atom. The third kappa shape index (κ3) is 2.00. The molecule has 0 aromatic heterocycles. The number of aliphatic hydroxyl groups excluding tert-OH is 2. The molecule has 0 amide bonds. The number of fused-ring (bicyclic) bond motifs is 4. The minimum atomic E-state index is -0.460. The number of carbonyl (C=O) groups is 1. The molecule has 24 heavy (non-hydrogen) atoms. The largest absolute Gasteiger partial charge is 0.396 e. The average Bonchev–Trinajstić information content (AvgIpc) is 2.87. The van der Waals surface area contributed by atoms with Gasteiger partial charge in [0.15, 0.2) is 5.78 Å². The Labute approximate surface area is 144 Å². The van der Waals surface area contributed by atoms with Crippen molar-refractivity contribution in [3.8, 4) is 0 Å². The number of rotatable bonds is 2. The minimum Gasteiger partial charge on any atom is -0.396 e. The van der Waals surface area contributed by atoms with Gasteiger partial charge in [0.2, 0.25) is 0 Å². The lowest BCUT2D eigenvalue weighted by molar-refractivity contribution is -0.115. The van der Waals surface area contributed by atoms with E-state index in [0.29, 0.717) is 24.0 Å². The molecule has 0 bridgehead atoms. The van der Waals surface area contributed by atoms with Crippen molar-refractivity contribution < 1.29 is 15.0 Å². The third-order valence-corrected chi connectivity index (χ3v) is 8.24. The second-order valence-electron chi connectivity index (χ2n) is 8.84. The van der Waals surface area contributed by atoms with Gasteiger partial charge in [0.25, 0.3) is 0 Å². The highest BCUT2D eigenvalue weighted by molar-refractivity contribution is 5.93. The Balaban J connectivity index is 1.74. The second kappa shape index (κ2) is 5.54. The molecule has 3 nitrogen and oxygen atoms in total. The van der Waals surface area contributed by atoms with Gasteiger partial charge in [-0.15, -0.1) is 0 Å². The van der Waals surface area contributed by atoms with Gasteiger partial charge in [-0.1, -0.05) is 12.5 Å². The van der Waals surface area contributed by atoms with E-state index in [1.807, 2.05) is 13.0 Å². The van der Waals surface area contributed by atoms with Crippen molar-refractivity contribution in [2.75, 3.05) is 6.61 Å². The van der Waals surface area contributed by atoms with E-state index in [4.69, 9.17) is 0 Å². The number of hydrogen-bond donors (Lipinski definition) is 2. The SMILES string of the molecule is CC(O)[C@@]1(CO)CC[C@H]2[C@@H]3CCC4=CC(=O)CCC4=C3CC[C@@]21C. The van der Waals surface area contributed by atoms with Gasteiger partial charge in [0.1, 0.15) is 0 Å². The van der Waals surface area contributed by atoms with Crippen LogP contribution in [0.4, 0.5) is 0 Å². The van der Waals surface area contributed by atoms with E-state index < -0.39 is 6.10 Å². The fourth-order valence-corrected chi connectivity index (χ4v) is 6.78. The van der Waals surface area contributed by atoms with Gasteiger partial charge in [0.05, 0.1) is 12.7 Å². The summed E-state index contributed by atoms with van der Waals surface area (Å²) in [6.07, 6.45) is 9.39. The summed E-state index contributed by atoms with van der Waals surface area (Å²) in [5.41, 5.74) is 4.10. The molecular formula is C21H30O3. The van der Waals surface area contributed by atoms with Gasteiger partial charge in [0, 0.05) is 11.8 Å². The quantitative estimate of drug-likeness (QED) is 0.814. The summed E-state index contributed by atoms with van der Waals surface area (Å²) in [5, 5.41) is 20.7. The zero-order chi connectivity index (χ0) is 17.1. The fraction of sp³-hybridized carbons (Fsp3) is 0.762. The van der Waals surface area contributed by atoms with Crippen molar-refractivity contribution in [2.45, 2.75) is 71.3 Å². The van der Waals surface area contributed by atoms with Crippen LogP contribution < -0.4 is 0 Å². The highest BCUT2D eigenvalue weighted by Crippen LogP contribution is 2.67. The Morgan fingerprint density at radius 1 is 1.21 bits per heavy atom. The van der Waals surface area contributed by atoms with Gasteiger partial charge < -0.3 is 10.2 Å². The van der Waals surface area contributed by atoms with E-state index in [1.165, 1.54) is 11.1 Å². The van der Waals surface area contributed by atoms with Gasteiger partial charge in [-0.3, -0.25) is 4.79 Å². The zero-order valence-electron chi connectivity index (χ0n) is 15.0. The van der Waals surface area contributed by atoms with E-state index in [-0.39, 0.29) is 17.4 Å². The van der Waals surface area contributed by atoms with Gasteiger partial charge in [-0.25, -0.2) is 0 Å². The Kier molecular flexibility index (Phi) is 3.81. The van der Waals surface area contributed by atoms with Crippen molar-refractivity contribution in [1.82, 2.24) is 0 Å². The molecule has 4 rings (SSSR count). The van der Waals surface area contributed by atoms with Crippen LogP contribution in [0.2, 0.25) is 0 Å². The molecule has 0 spiro atoms. The highest BCUT2D eigenvalue weighted by atomic mass is 16.3. The van der Waals surface area contributed by atoms with E-state index in [9.17, 15) is 15.0 Å². The first-order valence-corrected chi connectivity index (χ1v) is 9.67. The minimum absolute atomic E-state index is 0.0242. The predicted molar refractivity (Wildman–Crippen MR) is 93.3 cm³/mol. The zero-order valence-corrected chi connectivity index (χ0v) is 15.0. The summed E-state index contributed by atoms with van der Waals surface area (Å²) in [6.45, 7) is 4.28. The molecule has 0 radical (unpaired) electrons. The van der Waals surface area contributed by atoms with Gasteiger partial charge in [-0.05, 0) is 86.3 Å². The van der Waals surface area contributed by atoms with Crippen LogP contribution in [-0.4, -0.2) is 28.7 Å². The van der Waals surface area contributed by atoms with Crippen molar-refractivity contribution >= 4 is 5.78 Å². The van der Waals surface area contributed by atoms with Crippen LogP contribution in [0.25, 0.3) is 0 Å². The third-order valence-electron chi connectivity index (χ3n) is 8.24. The lowest BCUT2D eigenvalue weighted by atomic mass is 9.51. The lowest BCUT2D eigenvalue weighted by Crippen LogP contribution is -2.52. The van der Waals surface area contributed by atoms with Crippen LogP contribution in [0.3, 0.4) is 0 Å². The van der Waals surface area contributed by atoms with Crippen molar-refractivity contribution in [3.05, 3.63) is 22.8 Å². The van der Waals surface area contributed by atoms with Crippen LogP contribution in [0, 0.1) is 22.7 Å². The maximum atomic E-state index is 11.8. The van der Waals surface area contributed by atoms with E-state index in [2.05, 4.69) is 6.92 Å². The summed E-state index contributed by atoms with van der Waals surface area (Å²) in [6, 6.07) is 0. The van der Waals surface area contributed by atoms with Crippen molar-refractivity contribution in [1.29, 1.82) is 0 Å². The topological polar surface area (TPSA) is 57.5 Å². The van der Waals surface area contributed by atoms with Crippen LogP contribution >= 0.6 is 0 Å². The second-order valence-corrected chi connectivity index (χ2v) is 8.84. The normalized spacial score (nSPS) is 43.0. The molecule has 2 N–H and O–H groups in total. The summed E-state index contributed by atoms with van der Waals surface area (Å²) in [7, 11) is 0. The first-order valence-electron chi connectivity index (χ1n) is 9.67. The number of aliphatic hydroxyl groups is 2. The maximum Gasteiger partial charge on any atom is 0.156 e. The molecule has 3 heteroatoms. The Hall–Kier alpha value is -0.930. The monoisotopic (exact) mass is 330 g/mol. The van der Waals surface area contributed by atoms with Crippen LogP contribution in [0.5, 0.6) is 0 Å². The summed E-state index contributed by atoms with van der Waals surface area (Å²) in [4.78, 5) is 11.8. The molecule has 0 aromatic rings. The molecule has 1 unspecified atom stereocenters. The van der Waals surface area contributed by atoms with E-state index in [0.717, 1.165) is 44.9 Å². The van der Waals surface area contributed by atoms with Crippen LogP contribution in [0.1, 0.15) is 65.2 Å². The van der Waals surface area contributed by atoms with Crippen LogP contribution in [-0.2, 0) is 4.79 Å². The molecule has 4 aliphatic rings. The van der Waals surface area contributed by atoms with Crippen LogP contribution in [0.15, 0.2) is 22.8 Å². The van der Waals surface area contributed by atoms with Crippen molar-refractivity contribution in [2.24, 2.45) is 22.7 Å². The lowest BCUT2D eigenvalue weighted by Gasteiger charge is -2.54. The predicted octanol–water partition coefficient (Wildman–Crippen LogP) is 3.55. The standard InChI is InChI=1S/C21H30O3/c1-13(23)21(12-22)10-8-19-18-5-3-14-11-15(24)4-6-16(14)17(18)7-9-20(19,21)2/h11,13,18-19,22-23H,3-10,12H2,1-2H3/t13?,18-,19+,20+,21+/m1/s1. The first-order chi connectivity index (χ1) is 11.4. The Bertz CT molecular complexity index is 629. The fourth-order valence-electron chi connectivity index (χ4n) is 6.78. The molecule has 2 saturated carbocycles. The van der Waals surface area contributed by atoms with Crippen molar-refractivity contribution in [3.63, 3.8) is 0 Å². The molecule has 132 valence electrons. The summed E-state index contributed by atoms with van der Waals surface area (Å²) >= 11 is 0. The molecule has 5 atom stereocenters. The molecule has 2 fully saturated rings. The van der Waals surface area contributed by atoms with E-state index in [1.54, 1.807) is 5.57 Å².